The van der Waals surface area contributed by atoms with E-state index in [-0.39, 0.29) is 21.6 Å². The molecule has 0 aliphatic heterocycles. The van der Waals surface area contributed by atoms with Gasteiger partial charge >= 0.3 is 0 Å². The van der Waals surface area contributed by atoms with E-state index in [1.807, 2.05) is 24.3 Å². The van der Waals surface area contributed by atoms with E-state index >= 15 is 0 Å². The summed E-state index contributed by atoms with van der Waals surface area (Å²) in [6, 6.07) is 19.5. The maximum Gasteiger partial charge on any atom is 0.212 e. The summed E-state index contributed by atoms with van der Waals surface area (Å²) >= 11 is 0. The topological polar surface area (TPSA) is 89.3 Å². The second-order valence-electron chi connectivity index (χ2n) is 6.58. The molecule has 29 heavy (non-hydrogen) atoms. The number of para-hydroxylation sites is 1. The highest BCUT2D eigenvalue weighted by atomic mass is 32.2. The van der Waals surface area contributed by atoms with E-state index < -0.39 is 20.8 Å². The quantitative estimate of drug-likeness (QED) is 0.498. The number of aryl methyl sites for hydroxylation is 1. The van der Waals surface area contributed by atoms with Crippen LogP contribution in [0.1, 0.15) is 11.1 Å². The molecule has 0 aliphatic rings. The summed E-state index contributed by atoms with van der Waals surface area (Å²) in [4.78, 5) is 4.12. The average molecular weight is 427 g/mol. The number of pyridine rings is 1. The van der Waals surface area contributed by atoms with Gasteiger partial charge in [0.1, 0.15) is 5.58 Å². The summed E-state index contributed by atoms with van der Waals surface area (Å²) < 4.78 is 47.1. The molecule has 2 aromatic heterocycles. The molecule has 6 nitrogen and oxygen atoms in total. The molecule has 1 atom stereocenters. The monoisotopic (exact) mass is 426 g/mol. The fourth-order valence-electron chi connectivity index (χ4n) is 2.94. The minimum absolute atomic E-state index is 0.142. The lowest BCUT2D eigenvalue weighted by Gasteiger charge is -2.11. The van der Waals surface area contributed by atoms with Crippen molar-refractivity contribution in [1.82, 2.24) is 4.98 Å². The van der Waals surface area contributed by atoms with Crippen molar-refractivity contribution in [2.45, 2.75) is 22.8 Å². The lowest BCUT2D eigenvalue weighted by atomic mass is 10.2. The zero-order chi connectivity index (χ0) is 20.4. The number of furan rings is 1. The van der Waals surface area contributed by atoms with Crippen LogP contribution in [0.15, 0.2) is 87.5 Å². The van der Waals surface area contributed by atoms with Crippen molar-refractivity contribution in [3.05, 3.63) is 84.1 Å². The number of benzene rings is 2. The van der Waals surface area contributed by atoms with Gasteiger partial charge in [-0.2, -0.15) is 0 Å². The molecule has 0 spiro atoms. The Labute approximate surface area is 171 Å². The number of nitrogens with one attached hydrogen (secondary N) is 1. The first kappa shape index (κ1) is 19.4. The first-order valence-electron chi connectivity index (χ1n) is 8.83. The van der Waals surface area contributed by atoms with Crippen LogP contribution in [0, 0.1) is 6.92 Å². The maximum atomic E-state index is 13.0. The zero-order valence-corrected chi connectivity index (χ0v) is 17.2. The second kappa shape index (κ2) is 7.81. The fourth-order valence-corrected chi connectivity index (χ4v) is 5.29. The van der Waals surface area contributed by atoms with E-state index in [2.05, 4.69) is 9.71 Å². The molecule has 4 aromatic rings. The number of sulfone groups is 1. The second-order valence-corrected chi connectivity index (χ2v) is 9.63. The van der Waals surface area contributed by atoms with Crippen LogP contribution in [0.2, 0.25) is 0 Å². The van der Waals surface area contributed by atoms with Gasteiger partial charge < -0.3 is 4.42 Å². The molecule has 0 saturated heterocycles. The van der Waals surface area contributed by atoms with Crippen LogP contribution < -0.4 is 4.72 Å². The Hall–Kier alpha value is -2.97. The number of anilines is 1. The zero-order valence-electron chi connectivity index (χ0n) is 15.5. The summed E-state index contributed by atoms with van der Waals surface area (Å²) in [6.45, 7) is 1.79. The van der Waals surface area contributed by atoms with Crippen LogP contribution in [0.4, 0.5) is 5.69 Å². The summed E-state index contributed by atoms with van der Waals surface area (Å²) in [5.74, 6) is -0.199. The van der Waals surface area contributed by atoms with Gasteiger partial charge in [0.15, 0.2) is 16.0 Å². The highest BCUT2D eigenvalue weighted by molar-refractivity contribution is 7.91. The van der Waals surface area contributed by atoms with Crippen LogP contribution in [0.5, 0.6) is 0 Å². The minimum atomic E-state index is -3.75. The summed E-state index contributed by atoms with van der Waals surface area (Å²) in [5, 5.41) is 0.882. The highest BCUT2D eigenvalue weighted by Gasteiger charge is 2.23. The first-order chi connectivity index (χ1) is 13.9. The summed E-state index contributed by atoms with van der Waals surface area (Å²) in [6.07, 6.45) is 1.48. The van der Waals surface area contributed by atoms with Crippen LogP contribution in [0.25, 0.3) is 11.0 Å². The summed E-state index contributed by atoms with van der Waals surface area (Å²) in [5.41, 5.74) is 2.18. The first-order valence-corrected chi connectivity index (χ1v) is 11.6. The van der Waals surface area contributed by atoms with Crippen LogP contribution in [0.3, 0.4) is 0 Å². The van der Waals surface area contributed by atoms with Crippen molar-refractivity contribution in [3.8, 4) is 0 Å². The third kappa shape index (κ3) is 4.23. The van der Waals surface area contributed by atoms with Gasteiger partial charge in [0.05, 0.1) is 11.4 Å². The van der Waals surface area contributed by atoms with E-state index in [1.54, 1.807) is 49.4 Å². The molecule has 0 aliphatic carbocycles. The third-order valence-electron chi connectivity index (χ3n) is 4.27. The number of hydrogen-bond acceptors (Lipinski definition) is 5. The molecular weight excluding hydrogens is 408 g/mol. The number of hydrogen-bond donors (Lipinski definition) is 1. The van der Waals surface area contributed by atoms with Crippen molar-refractivity contribution < 1.29 is 17.0 Å². The van der Waals surface area contributed by atoms with Crippen LogP contribution in [-0.4, -0.2) is 17.6 Å². The molecule has 1 unspecified atom stereocenters. The molecule has 0 bridgehead atoms. The molecule has 8 heteroatoms. The predicted molar refractivity (Wildman–Crippen MR) is 113 cm³/mol. The molecule has 4 rings (SSSR count). The fraction of sp³-hybridized carbons (Fsp3) is 0.0952. The van der Waals surface area contributed by atoms with Gasteiger partial charge in [0.2, 0.25) is 14.9 Å². The Bertz CT molecular complexity index is 1270. The molecule has 0 amide bonds. The smallest absolute Gasteiger partial charge is 0.212 e. The van der Waals surface area contributed by atoms with Crippen molar-refractivity contribution in [3.63, 3.8) is 0 Å². The SMILES string of the molecule is Cc1cnc(S(=O)(=O)Cc2ccccc2)c(NS(=O)c2cc3ccccc3o2)c1. The van der Waals surface area contributed by atoms with Crippen LogP contribution >= 0.6 is 0 Å². The predicted octanol–water partition coefficient (Wildman–Crippen LogP) is 4.24. The van der Waals surface area contributed by atoms with Crippen molar-refractivity contribution >= 4 is 37.5 Å². The molecule has 0 radical (unpaired) electrons. The minimum Gasteiger partial charge on any atom is -0.445 e. The Morgan fingerprint density at radius 3 is 2.52 bits per heavy atom. The van der Waals surface area contributed by atoms with E-state index in [0.717, 1.165) is 10.9 Å². The van der Waals surface area contributed by atoms with E-state index in [0.29, 0.717) is 11.1 Å². The third-order valence-corrected chi connectivity index (χ3v) is 6.87. The van der Waals surface area contributed by atoms with Gasteiger partial charge in [-0.05, 0) is 30.2 Å². The van der Waals surface area contributed by atoms with Crippen molar-refractivity contribution in [2.24, 2.45) is 0 Å². The Morgan fingerprint density at radius 2 is 1.76 bits per heavy atom. The number of nitrogens with zero attached hydrogens (tertiary/aromatic N) is 1. The van der Waals surface area contributed by atoms with Crippen molar-refractivity contribution in [1.29, 1.82) is 0 Å². The molecule has 0 saturated carbocycles. The molecular formula is C21H18N2O4S2. The van der Waals surface area contributed by atoms with E-state index in [1.165, 1.54) is 6.20 Å². The number of aromatic nitrogens is 1. The lowest BCUT2D eigenvalue weighted by molar-refractivity contribution is 0.504. The standard InChI is InChI=1S/C21H18N2O4S2/c1-15-11-18(23-28(24)20-12-17-9-5-6-10-19(17)27-20)21(22-13-15)29(25,26)14-16-7-3-2-4-8-16/h2-13,23H,14H2,1H3. The Morgan fingerprint density at radius 1 is 1.03 bits per heavy atom. The van der Waals surface area contributed by atoms with Crippen LogP contribution in [-0.2, 0) is 26.6 Å². The van der Waals surface area contributed by atoms with E-state index in [9.17, 15) is 12.6 Å². The number of fused-ring (bicyclic) bond motifs is 1. The molecule has 0 fully saturated rings. The Kier molecular flexibility index (Phi) is 5.21. The average Bonchev–Trinajstić information content (AvgIpc) is 3.13. The maximum absolute atomic E-state index is 13.0. The number of rotatable bonds is 6. The van der Waals surface area contributed by atoms with Gasteiger partial charge in [-0.3, -0.25) is 4.72 Å². The van der Waals surface area contributed by atoms with Gasteiger partial charge in [0, 0.05) is 17.6 Å². The molecule has 2 heterocycles. The largest absolute Gasteiger partial charge is 0.445 e. The highest BCUT2D eigenvalue weighted by Crippen LogP contribution is 2.27. The summed E-state index contributed by atoms with van der Waals surface area (Å²) in [7, 11) is -5.54. The molecule has 2 aromatic carbocycles. The van der Waals surface area contributed by atoms with E-state index in [4.69, 9.17) is 4.42 Å². The lowest BCUT2D eigenvalue weighted by Crippen LogP contribution is -2.13. The van der Waals surface area contributed by atoms with Gasteiger partial charge in [-0.15, -0.1) is 0 Å². The normalized spacial score (nSPS) is 12.7. The van der Waals surface area contributed by atoms with Gasteiger partial charge in [-0.25, -0.2) is 17.6 Å². The Balaban J connectivity index is 1.67. The van der Waals surface area contributed by atoms with Gasteiger partial charge in [-0.1, -0.05) is 48.5 Å². The molecule has 148 valence electrons. The van der Waals surface area contributed by atoms with Crippen molar-refractivity contribution in [2.75, 3.05) is 4.72 Å². The van der Waals surface area contributed by atoms with Gasteiger partial charge in [0.25, 0.3) is 0 Å². The molecule has 1 N–H and O–H groups in total.